The number of allylic oxidation sites excluding steroid dienone is 1. The first-order valence-corrected chi connectivity index (χ1v) is 13.2. The molecule has 4 aliphatic carbocycles. The van der Waals surface area contributed by atoms with Crippen LogP contribution in [0.2, 0.25) is 0 Å². The van der Waals surface area contributed by atoms with Crippen molar-refractivity contribution in [2.24, 2.45) is 46.3 Å². The molecule has 1 unspecified atom stereocenters. The van der Waals surface area contributed by atoms with Gasteiger partial charge in [0.2, 0.25) is 0 Å². The molecule has 176 valence electrons. The van der Waals surface area contributed by atoms with E-state index in [-0.39, 0.29) is 11.5 Å². The Morgan fingerprint density at radius 2 is 1.87 bits per heavy atom. The Hall–Kier alpha value is -0.990. The lowest BCUT2D eigenvalue weighted by molar-refractivity contribution is -0.0601. The molecule has 0 spiro atoms. The molecule has 0 heterocycles. The fraction of sp³-hybridized carbons (Fsp3) is 0.893. The molecule has 4 rings (SSSR count). The van der Waals surface area contributed by atoms with E-state index in [4.69, 9.17) is 9.84 Å². The SMILES string of the molecule is CC(C)CCCC(C)[C@H]1CC[C@H]2[C@@H]3CC=C4C[C@@H](OC(=O)O)CC[C@]4(C)[C@H]3CC[C@]12C. The van der Waals surface area contributed by atoms with E-state index in [0.29, 0.717) is 5.41 Å². The third-order valence-corrected chi connectivity index (χ3v) is 10.5. The molecule has 0 radical (unpaired) electrons. The van der Waals surface area contributed by atoms with Crippen molar-refractivity contribution in [3.05, 3.63) is 11.6 Å². The van der Waals surface area contributed by atoms with Crippen LogP contribution in [0.25, 0.3) is 0 Å². The molecule has 3 nitrogen and oxygen atoms in total. The van der Waals surface area contributed by atoms with Crippen molar-refractivity contribution >= 4 is 6.16 Å². The predicted octanol–water partition coefficient (Wildman–Crippen LogP) is 8.09. The Labute approximate surface area is 190 Å². The van der Waals surface area contributed by atoms with Crippen molar-refractivity contribution in [3.8, 4) is 0 Å². The summed E-state index contributed by atoms with van der Waals surface area (Å²) in [7, 11) is 0. The van der Waals surface area contributed by atoms with Gasteiger partial charge < -0.3 is 9.84 Å². The molecule has 3 saturated carbocycles. The molecule has 0 aromatic heterocycles. The summed E-state index contributed by atoms with van der Waals surface area (Å²) in [6.07, 6.45) is 15.1. The maximum atomic E-state index is 11.0. The molecule has 0 aliphatic heterocycles. The number of ether oxygens (including phenoxy) is 1. The highest BCUT2D eigenvalue weighted by Crippen LogP contribution is 2.67. The zero-order valence-corrected chi connectivity index (χ0v) is 20.7. The van der Waals surface area contributed by atoms with Crippen LogP contribution in [0.3, 0.4) is 0 Å². The van der Waals surface area contributed by atoms with Crippen LogP contribution in [0.4, 0.5) is 4.79 Å². The lowest BCUT2D eigenvalue weighted by Gasteiger charge is -2.58. The first-order valence-electron chi connectivity index (χ1n) is 13.2. The zero-order valence-electron chi connectivity index (χ0n) is 20.7. The van der Waals surface area contributed by atoms with E-state index in [0.717, 1.165) is 54.8 Å². The average Bonchev–Trinajstić information content (AvgIpc) is 3.05. The Morgan fingerprint density at radius 1 is 1.10 bits per heavy atom. The minimum absolute atomic E-state index is 0.134. The Balaban J connectivity index is 1.47. The molecule has 0 aromatic rings. The van der Waals surface area contributed by atoms with Crippen LogP contribution in [-0.2, 0) is 4.74 Å². The van der Waals surface area contributed by atoms with Crippen molar-refractivity contribution in [3.63, 3.8) is 0 Å². The van der Waals surface area contributed by atoms with E-state index in [9.17, 15) is 4.79 Å². The van der Waals surface area contributed by atoms with Crippen LogP contribution in [-0.4, -0.2) is 17.4 Å². The fourth-order valence-corrected chi connectivity index (χ4v) is 8.90. The summed E-state index contributed by atoms with van der Waals surface area (Å²) in [4.78, 5) is 11.0. The molecule has 0 saturated heterocycles. The normalized spacial score (nSPS) is 42.9. The van der Waals surface area contributed by atoms with Crippen molar-refractivity contribution in [1.29, 1.82) is 0 Å². The minimum atomic E-state index is -1.11. The van der Waals surface area contributed by atoms with E-state index in [1.54, 1.807) is 0 Å². The van der Waals surface area contributed by atoms with Gasteiger partial charge in [0.15, 0.2) is 0 Å². The molecule has 0 bridgehead atoms. The number of carboxylic acid groups (broad SMARTS) is 1. The lowest BCUT2D eigenvalue weighted by atomic mass is 9.47. The summed E-state index contributed by atoms with van der Waals surface area (Å²) < 4.78 is 5.17. The number of hydrogen-bond donors (Lipinski definition) is 1. The first kappa shape index (κ1) is 23.2. The second-order valence-electron chi connectivity index (χ2n) is 12.5. The Kier molecular flexibility index (Phi) is 6.54. The van der Waals surface area contributed by atoms with E-state index in [1.165, 1.54) is 56.9 Å². The number of carbonyl (C=O) groups is 1. The second kappa shape index (κ2) is 8.75. The largest absolute Gasteiger partial charge is 0.506 e. The van der Waals surface area contributed by atoms with Gasteiger partial charge in [0.05, 0.1) is 0 Å². The van der Waals surface area contributed by atoms with Crippen LogP contribution in [0.5, 0.6) is 0 Å². The van der Waals surface area contributed by atoms with Crippen LogP contribution >= 0.6 is 0 Å². The van der Waals surface area contributed by atoms with Gasteiger partial charge in [0.25, 0.3) is 0 Å². The standard InChI is InChI=1S/C28H46O3/c1-18(2)7-6-8-19(3)23-11-12-24-22-10-9-20-17-21(31-26(29)30)13-15-27(20,4)25(22)14-16-28(23,24)5/h9,18-19,21-25H,6-8,10-17H2,1-5H3,(H,29,30)/t19?,21-,22-,23+,24-,25-,27-,28+/m0/s1. The summed E-state index contributed by atoms with van der Waals surface area (Å²) in [5.74, 6) is 5.09. The van der Waals surface area contributed by atoms with Gasteiger partial charge in [-0.1, -0.05) is 65.5 Å². The number of hydrogen-bond acceptors (Lipinski definition) is 2. The van der Waals surface area contributed by atoms with Gasteiger partial charge in [0, 0.05) is 6.42 Å². The second-order valence-corrected chi connectivity index (χ2v) is 12.5. The molecule has 31 heavy (non-hydrogen) atoms. The molecule has 8 atom stereocenters. The molecular formula is C28H46O3. The molecular weight excluding hydrogens is 384 g/mol. The van der Waals surface area contributed by atoms with E-state index in [1.807, 2.05) is 0 Å². The highest BCUT2D eigenvalue weighted by atomic mass is 16.7. The smallest absolute Gasteiger partial charge is 0.450 e. The fourth-order valence-electron chi connectivity index (χ4n) is 8.90. The summed E-state index contributed by atoms with van der Waals surface area (Å²) >= 11 is 0. The minimum Gasteiger partial charge on any atom is -0.450 e. The van der Waals surface area contributed by atoms with Crippen molar-refractivity contribution in [1.82, 2.24) is 0 Å². The van der Waals surface area contributed by atoms with Gasteiger partial charge in [-0.05, 0) is 91.3 Å². The Bertz CT molecular complexity index is 696. The first-order chi connectivity index (χ1) is 14.6. The van der Waals surface area contributed by atoms with Crippen LogP contribution in [0.1, 0.15) is 105 Å². The monoisotopic (exact) mass is 430 g/mol. The number of rotatable bonds is 6. The van der Waals surface area contributed by atoms with Crippen LogP contribution in [0.15, 0.2) is 11.6 Å². The van der Waals surface area contributed by atoms with E-state index >= 15 is 0 Å². The van der Waals surface area contributed by atoms with E-state index in [2.05, 4.69) is 40.7 Å². The molecule has 3 fully saturated rings. The number of fused-ring (bicyclic) bond motifs is 5. The molecule has 0 aromatic carbocycles. The van der Waals surface area contributed by atoms with Gasteiger partial charge >= 0.3 is 6.16 Å². The van der Waals surface area contributed by atoms with Gasteiger partial charge in [-0.25, -0.2) is 4.79 Å². The van der Waals surface area contributed by atoms with Gasteiger partial charge in [-0.2, -0.15) is 0 Å². The highest BCUT2D eigenvalue weighted by molar-refractivity contribution is 5.57. The third kappa shape index (κ3) is 4.20. The predicted molar refractivity (Wildman–Crippen MR) is 126 cm³/mol. The third-order valence-electron chi connectivity index (χ3n) is 10.5. The summed E-state index contributed by atoms with van der Waals surface area (Å²) in [5, 5.41) is 9.05. The van der Waals surface area contributed by atoms with Crippen LogP contribution in [0, 0.1) is 46.3 Å². The van der Waals surface area contributed by atoms with Crippen molar-refractivity contribution < 1.29 is 14.6 Å². The van der Waals surface area contributed by atoms with Gasteiger partial charge in [-0.15, -0.1) is 0 Å². The highest BCUT2D eigenvalue weighted by Gasteiger charge is 2.59. The average molecular weight is 431 g/mol. The maximum Gasteiger partial charge on any atom is 0.506 e. The lowest BCUT2D eigenvalue weighted by Crippen LogP contribution is -2.51. The Morgan fingerprint density at radius 3 is 2.58 bits per heavy atom. The van der Waals surface area contributed by atoms with Gasteiger partial charge in [0.1, 0.15) is 6.10 Å². The summed E-state index contributed by atoms with van der Waals surface area (Å²) in [5.41, 5.74) is 2.30. The van der Waals surface area contributed by atoms with Gasteiger partial charge in [-0.3, -0.25) is 0 Å². The maximum absolute atomic E-state index is 11.0. The molecule has 4 aliphatic rings. The van der Waals surface area contributed by atoms with Crippen LogP contribution < -0.4 is 0 Å². The molecule has 1 N–H and O–H groups in total. The summed E-state index contributed by atoms with van der Waals surface area (Å²) in [6.45, 7) is 12.4. The topological polar surface area (TPSA) is 46.5 Å². The van der Waals surface area contributed by atoms with Crippen molar-refractivity contribution in [2.45, 2.75) is 111 Å². The van der Waals surface area contributed by atoms with E-state index < -0.39 is 6.16 Å². The van der Waals surface area contributed by atoms with Crippen molar-refractivity contribution in [2.75, 3.05) is 0 Å². The molecule has 0 amide bonds. The molecule has 3 heteroatoms. The summed E-state index contributed by atoms with van der Waals surface area (Å²) in [6, 6.07) is 0. The quantitative estimate of drug-likeness (QED) is 0.342. The zero-order chi connectivity index (χ0) is 22.4.